The molecule has 4 heteroatoms. The first kappa shape index (κ1) is 14.2. The van der Waals surface area contributed by atoms with Gasteiger partial charge >= 0.3 is 0 Å². The first-order valence-electron chi connectivity index (χ1n) is 6.24. The number of para-hydroxylation sites is 1. The highest BCUT2D eigenvalue weighted by Crippen LogP contribution is 2.42. The number of ether oxygens (including phenoxy) is 4. The molecule has 20 heavy (non-hydrogen) atoms. The highest BCUT2D eigenvalue weighted by atomic mass is 16.7. The van der Waals surface area contributed by atoms with Crippen LogP contribution in [0.5, 0.6) is 17.2 Å². The fourth-order valence-corrected chi connectivity index (χ4v) is 2.04. The van der Waals surface area contributed by atoms with Gasteiger partial charge < -0.3 is 18.9 Å². The molecule has 0 fully saturated rings. The fourth-order valence-electron chi connectivity index (χ4n) is 2.04. The average molecular weight is 274 g/mol. The van der Waals surface area contributed by atoms with E-state index in [1.807, 2.05) is 42.5 Å². The zero-order valence-corrected chi connectivity index (χ0v) is 11.9. The van der Waals surface area contributed by atoms with Crippen molar-refractivity contribution in [3.8, 4) is 28.4 Å². The maximum atomic E-state index is 5.61. The van der Waals surface area contributed by atoms with Gasteiger partial charge in [-0.2, -0.15) is 0 Å². The van der Waals surface area contributed by atoms with Gasteiger partial charge in [0.05, 0.1) is 19.8 Å². The number of hydrogen-bond donors (Lipinski definition) is 0. The molecule has 0 saturated carbocycles. The molecule has 0 saturated heterocycles. The maximum Gasteiger partial charge on any atom is 0.188 e. The molecular formula is C16H18O4. The molecule has 0 radical (unpaired) electrons. The molecule has 0 unspecified atom stereocenters. The molecule has 0 amide bonds. The topological polar surface area (TPSA) is 36.9 Å². The molecule has 0 atom stereocenters. The molecular weight excluding hydrogens is 256 g/mol. The van der Waals surface area contributed by atoms with E-state index in [1.54, 1.807) is 21.3 Å². The highest BCUT2D eigenvalue weighted by Gasteiger charge is 2.16. The van der Waals surface area contributed by atoms with Crippen LogP contribution in [0.25, 0.3) is 11.1 Å². The SMILES string of the molecule is COCOc1ccccc1-c1c(OC)cccc1OC. The summed E-state index contributed by atoms with van der Waals surface area (Å²) < 4.78 is 21.4. The zero-order valence-electron chi connectivity index (χ0n) is 11.9. The third kappa shape index (κ3) is 2.86. The Kier molecular flexibility index (Phi) is 4.85. The fraction of sp³-hybridized carbons (Fsp3) is 0.250. The minimum absolute atomic E-state index is 0.189. The zero-order chi connectivity index (χ0) is 14.4. The Balaban J connectivity index is 2.55. The first-order valence-corrected chi connectivity index (χ1v) is 6.24. The van der Waals surface area contributed by atoms with Crippen LogP contribution in [0.15, 0.2) is 42.5 Å². The Bertz CT molecular complexity index is 544. The molecule has 0 bridgehead atoms. The molecule has 2 aromatic rings. The number of methoxy groups -OCH3 is 3. The van der Waals surface area contributed by atoms with Crippen molar-refractivity contribution >= 4 is 0 Å². The lowest BCUT2D eigenvalue weighted by Gasteiger charge is -2.16. The van der Waals surface area contributed by atoms with E-state index in [0.717, 1.165) is 28.4 Å². The van der Waals surface area contributed by atoms with E-state index in [1.165, 1.54) is 0 Å². The Morgan fingerprint density at radius 1 is 0.750 bits per heavy atom. The molecule has 0 aliphatic carbocycles. The summed E-state index contributed by atoms with van der Waals surface area (Å²) >= 11 is 0. The molecule has 2 aromatic carbocycles. The Hall–Kier alpha value is -2.20. The van der Waals surface area contributed by atoms with E-state index in [9.17, 15) is 0 Å². The predicted molar refractivity (Wildman–Crippen MR) is 77.5 cm³/mol. The lowest BCUT2D eigenvalue weighted by Crippen LogP contribution is -2.01. The van der Waals surface area contributed by atoms with Crippen LogP contribution in [0, 0.1) is 0 Å². The molecule has 0 aliphatic rings. The molecule has 0 N–H and O–H groups in total. The molecule has 0 aliphatic heterocycles. The summed E-state index contributed by atoms with van der Waals surface area (Å²) in [4.78, 5) is 0. The summed E-state index contributed by atoms with van der Waals surface area (Å²) in [7, 11) is 4.86. The third-order valence-electron chi connectivity index (χ3n) is 2.92. The van der Waals surface area contributed by atoms with Gasteiger partial charge in [-0.15, -0.1) is 0 Å². The minimum atomic E-state index is 0.189. The molecule has 2 rings (SSSR count). The number of benzene rings is 2. The van der Waals surface area contributed by atoms with Crippen LogP contribution in [-0.2, 0) is 4.74 Å². The van der Waals surface area contributed by atoms with Crippen molar-refractivity contribution in [1.82, 2.24) is 0 Å². The summed E-state index contributed by atoms with van der Waals surface area (Å²) in [5.41, 5.74) is 1.77. The van der Waals surface area contributed by atoms with E-state index in [2.05, 4.69) is 0 Å². The highest BCUT2D eigenvalue weighted by molar-refractivity contribution is 5.81. The van der Waals surface area contributed by atoms with Crippen LogP contribution >= 0.6 is 0 Å². The largest absolute Gasteiger partial charge is 0.496 e. The van der Waals surface area contributed by atoms with Crippen LogP contribution in [0.2, 0.25) is 0 Å². The number of hydrogen-bond acceptors (Lipinski definition) is 4. The van der Waals surface area contributed by atoms with Crippen molar-refractivity contribution in [2.45, 2.75) is 0 Å². The van der Waals surface area contributed by atoms with Gasteiger partial charge in [0.25, 0.3) is 0 Å². The van der Waals surface area contributed by atoms with Crippen LogP contribution < -0.4 is 14.2 Å². The average Bonchev–Trinajstić information content (AvgIpc) is 2.52. The smallest absolute Gasteiger partial charge is 0.188 e. The second kappa shape index (κ2) is 6.82. The Morgan fingerprint density at radius 3 is 1.95 bits per heavy atom. The first-order chi connectivity index (χ1) is 9.81. The molecule has 0 aromatic heterocycles. The Morgan fingerprint density at radius 2 is 1.35 bits per heavy atom. The van der Waals surface area contributed by atoms with Crippen LogP contribution in [0.4, 0.5) is 0 Å². The quantitative estimate of drug-likeness (QED) is 0.757. The lowest BCUT2D eigenvalue weighted by molar-refractivity contribution is 0.0515. The standard InChI is InChI=1S/C16H18O4/c1-17-11-20-13-8-5-4-7-12(13)16-14(18-2)9-6-10-15(16)19-3/h4-10H,11H2,1-3H3. The van der Waals surface area contributed by atoms with Crippen molar-refractivity contribution < 1.29 is 18.9 Å². The summed E-state index contributed by atoms with van der Waals surface area (Å²) in [5.74, 6) is 2.19. The van der Waals surface area contributed by atoms with E-state index in [0.29, 0.717) is 0 Å². The van der Waals surface area contributed by atoms with Crippen LogP contribution in [-0.4, -0.2) is 28.1 Å². The van der Waals surface area contributed by atoms with Crippen molar-refractivity contribution in [3.63, 3.8) is 0 Å². The van der Waals surface area contributed by atoms with Crippen molar-refractivity contribution in [1.29, 1.82) is 0 Å². The maximum absolute atomic E-state index is 5.61. The summed E-state index contributed by atoms with van der Waals surface area (Å²) in [6.07, 6.45) is 0. The van der Waals surface area contributed by atoms with Crippen molar-refractivity contribution in [2.24, 2.45) is 0 Å². The van der Waals surface area contributed by atoms with E-state index in [4.69, 9.17) is 18.9 Å². The van der Waals surface area contributed by atoms with E-state index in [-0.39, 0.29) is 6.79 Å². The second-order valence-corrected chi connectivity index (χ2v) is 4.08. The van der Waals surface area contributed by atoms with Gasteiger partial charge in [-0.05, 0) is 18.2 Å². The summed E-state index contributed by atoms with van der Waals surface area (Å²) in [6, 6.07) is 13.4. The Labute approximate surface area is 118 Å². The van der Waals surface area contributed by atoms with Gasteiger partial charge in [-0.25, -0.2) is 0 Å². The van der Waals surface area contributed by atoms with E-state index >= 15 is 0 Å². The van der Waals surface area contributed by atoms with Gasteiger partial charge in [-0.1, -0.05) is 24.3 Å². The molecule has 106 valence electrons. The van der Waals surface area contributed by atoms with Gasteiger partial charge in [-0.3, -0.25) is 0 Å². The summed E-state index contributed by atoms with van der Waals surface area (Å²) in [5, 5.41) is 0. The lowest BCUT2D eigenvalue weighted by atomic mass is 10.0. The second-order valence-electron chi connectivity index (χ2n) is 4.08. The third-order valence-corrected chi connectivity index (χ3v) is 2.92. The minimum Gasteiger partial charge on any atom is -0.496 e. The van der Waals surface area contributed by atoms with Crippen LogP contribution in [0.1, 0.15) is 0 Å². The molecule has 0 spiro atoms. The van der Waals surface area contributed by atoms with Gasteiger partial charge in [0.15, 0.2) is 6.79 Å². The number of rotatable bonds is 6. The van der Waals surface area contributed by atoms with Crippen LogP contribution in [0.3, 0.4) is 0 Å². The predicted octanol–water partition coefficient (Wildman–Crippen LogP) is 3.35. The molecule has 4 nitrogen and oxygen atoms in total. The monoisotopic (exact) mass is 274 g/mol. The summed E-state index contributed by atoms with van der Waals surface area (Å²) in [6.45, 7) is 0.189. The van der Waals surface area contributed by atoms with Gasteiger partial charge in [0.1, 0.15) is 17.2 Å². The van der Waals surface area contributed by atoms with Crippen molar-refractivity contribution in [2.75, 3.05) is 28.1 Å². The normalized spacial score (nSPS) is 10.2. The molecule has 0 heterocycles. The van der Waals surface area contributed by atoms with Gasteiger partial charge in [0.2, 0.25) is 0 Å². The van der Waals surface area contributed by atoms with Crippen molar-refractivity contribution in [3.05, 3.63) is 42.5 Å². The van der Waals surface area contributed by atoms with E-state index < -0.39 is 0 Å². The van der Waals surface area contributed by atoms with Gasteiger partial charge in [0, 0.05) is 12.7 Å².